The number of rotatable bonds is 3. The third-order valence-electron chi connectivity index (χ3n) is 2.02. The third-order valence-corrected chi connectivity index (χ3v) is 2.63. The average Bonchev–Trinajstić information content (AvgIpc) is 2.20. The maximum Gasteiger partial charge on any atom is 0.241 e. The molecule has 16 heavy (non-hydrogen) atoms. The average molecular weight is 290 g/mol. The lowest BCUT2D eigenvalue weighted by Gasteiger charge is -2.13. The summed E-state index contributed by atoms with van der Waals surface area (Å²) in [6, 6.07) is 2.71. The second-order valence-electron chi connectivity index (χ2n) is 3.50. The fraction of sp³-hybridized carbons (Fsp3) is 0.300. The van der Waals surface area contributed by atoms with E-state index in [4.69, 9.17) is 5.73 Å². The number of benzene rings is 1. The number of hydrogen-bond donors (Lipinski definition) is 2. The van der Waals surface area contributed by atoms with Crippen molar-refractivity contribution in [1.82, 2.24) is 4.90 Å². The van der Waals surface area contributed by atoms with Crippen LogP contribution in [0.4, 0.5) is 15.8 Å². The quantitative estimate of drug-likeness (QED) is 0.833. The van der Waals surface area contributed by atoms with Crippen LogP contribution < -0.4 is 11.1 Å². The molecule has 1 rings (SSSR count). The Kier molecular flexibility index (Phi) is 4.12. The zero-order valence-corrected chi connectivity index (χ0v) is 10.6. The van der Waals surface area contributed by atoms with E-state index in [1.165, 1.54) is 17.0 Å². The van der Waals surface area contributed by atoms with E-state index in [2.05, 4.69) is 21.2 Å². The van der Waals surface area contributed by atoms with Crippen molar-refractivity contribution < 1.29 is 9.18 Å². The number of nitrogens with zero attached hydrogens (tertiary/aromatic N) is 1. The van der Waals surface area contributed by atoms with Crippen molar-refractivity contribution in [2.45, 2.75) is 0 Å². The highest BCUT2D eigenvalue weighted by Gasteiger charge is 2.08. The van der Waals surface area contributed by atoms with Crippen LogP contribution in [0.25, 0.3) is 0 Å². The van der Waals surface area contributed by atoms with Crippen LogP contribution in [0.5, 0.6) is 0 Å². The Morgan fingerprint density at radius 3 is 2.75 bits per heavy atom. The van der Waals surface area contributed by atoms with Gasteiger partial charge in [-0.3, -0.25) is 4.79 Å². The van der Waals surface area contributed by atoms with Crippen molar-refractivity contribution in [2.24, 2.45) is 0 Å². The Balaban J connectivity index is 2.75. The maximum absolute atomic E-state index is 13.1. The number of anilines is 2. The Labute approximate surface area is 102 Å². The monoisotopic (exact) mass is 289 g/mol. The van der Waals surface area contributed by atoms with E-state index in [1.807, 2.05) is 0 Å². The van der Waals surface area contributed by atoms with Crippen LogP contribution in [-0.4, -0.2) is 31.4 Å². The standard InChI is InChI=1S/C10H13BrFN3O/c1-15(2)10(16)5-14-9-3-6(11)7(12)4-8(9)13/h3-4,14H,5,13H2,1-2H3. The van der Waals surface area contributed by atoms with Crippen LogP contribution in [-0.2, 0) is 4.79 Å². The van der Waals surface area contributed by atoms with E-state index < -0.39 is 5.82 Å². The summed E-state index contributed by atoms with van der Waals surface area (Å²) in [6.45, 7) is 0.120. The predicted molar refractivity (Wildman–Crippen MR) is 65.7 cm³/mol. The van der Waals surface area contributed by atoms with E-state index in [0.717, 1.165) is 0 Å². The topological polar surface area (TPSA) is 58.4 Å². The highest BCUT2D eigenvalue weighted by molar-refractivity contribution is 9.10. The maximum atomic E-state index is 13.1. The minimum absolute atomic E-state index is 0.0835. The minimum atomic E-state index is -0.429. The molecule has 0 aromatic heterocycles. The molecule has 6 heteroatoms. The van der Waals surface area contributed by atoms with Gasteiger partial charge in [0.1, 0.15) is 5.82 Å². The SMILES string of the molecule is CN(C)C(=O)CNc1cc(Br)c(F)cc1N. The Hall–Kier alpha value is -1.30. The van der Waals surface area contributed by atoms with Crippen LogP contribution >= 0.6 is 15.9 Å². The highest BCUT2D eigenvalue weighted by atomic mass is 79.9. The molecule has 0 aliphatic carbocycles. The number of nitrogens with two attached hydrogens (primary N) is 1. The summed E-state index contributed by atoms with van der Waals surface area (Å²) in [7, 11) is 3.32. The van der Waals surface area contributed by atoms with Crippen LogP contribution in [0.3, 0.4) is 0 Å². The van der Waals surface area contributed by atoms with Gasteiger partial charge >= 0.3 is 0 Å². The first-order valence-corrected chi connectivity index (χ1v) is 5.39. The summed E-state index contributed by atoms with van der Waals surface area (Å²) in [6.07, 6.45) is 0. The number of likely N-dealkylation sites (N-methyl/N-ethyl adjacent to an activating group) is 1. The van der Waals surface area contributed by atoms with Gasteiger partial charge in [-0.05, 0) is 22.0 Å². The minimum Gasteiger partial charge on any atom is -0.397 e. The largest absolute Gasteiger partial charge is 0.397 e. The predicted octanol–water partition coefficient (Wildman–Crippen LogP) is 1.67. The lowest BCUT2D eigenvalue weighted by Crippen LogP contribution is -2.28. The first-order valence-electron chi connectivity index (χ1n) is 4.60. The molecule has 0 spiro atoms. The van der Waals surface area contributed by atoms with Gasteiger partial charge in [0.15, 0.2) is 0 Å². The second-order valence-corrected chi connectivity index (χ2v) is 4.35. The fourth-order valence-corrected chi connectivity index (χ4v) is 1.39. The van der Waals surface area contributed by atoms with Gasteiger partial charge in [0.2, 0.25) is 5.91 Å². The second kappa shape index (κ2) is 5.16. The molecule has 0 radical (unpaired) electrons. The Morgan fingerprint density at radius 2 is 2.19 bits per heavy atom. The number of halogens is 2. The molecule has 0 saturated carbocycles. The van der Waals surface area contributed by atoms with Gasteiger partial charge in [-0.1, -0.05) is 0 Å². The van der Waals surface area contributed by atoms with Crippen molar-refractivity contribution in [3.05, 3.63) is 22.4 Å². The van der Waals surface area contributed by atoms with Gasteiger partial charge in [-0.15, -0.1) is 0 Å². The van der Waals surface area contributed by atoms with Crippen molar-refractivity contribution in [3.63, 3.8) is 0 Å². The molecular weight excluding hydrogens is 277 g/mol. The van der Waals surface area contributed by atoms with Crippen molar-refractivity contribution in [1.29, 1.82) is 0 Å². The summed E-state index contributed by atoms with van der Waals surface area (Å²) in [5, 5.41) is 2.85. The molecule has 0 fully saturated rings. The van der Waals surface area contributed by atoms with Gasteiger partial charge in [-0.25, -0.2) is 4.39 Å². The van der Waals surface area contributed by atoms with Gasteiger partial charge in [0.05, 0.1) is 22.4 Å². The number of amides is 1. The lowest BCUT2D eigenvalue weighted by atomic mass is 10.2. The fourth-order valence-electron chi connectivity index (χ4n) is 1.04. The highest BCUT2D eigenvalue weighted by Crippen LogP contribution is 2.26. The molecule has 0 atom stereocenters. The van der Waals surface area contributed by atoms with E-state index in [1.54, 1.807) is 14.1 Å². The molecule has 0 saturated heterocycles. The zero-order valence-electron chi connectivity index (χ0n) is 9.05. The lowest BCUT2D eigenvalue weighted by molar-refractivity contribution is -0.126. The summed E-state index contributed by atoms with van der Waals surface area (Å²) in [5.74, 6) is -0.512. The van der Waals surface area contributed by atoms with Gasteiger partial charge < -0.3 is 16.0 Å². The molecule has 3 N–H and O–H groups in total. The summed E-state index contributed by atoms with van der Waals surface area (Å²) >= 11 is 3.05. The van der Waals surface area contributed by atoms with Gasteiger partial charge in [0.25, 0.3) is 0 Å². The summed E-state index contributed by atoms with van der Waals surface area (Å²) in [4.78, 5) is 12.8. The molecule has 1 aromatic carbocycles. The summed E-state index contributed by atoms with van der Waals surface area (Å²) in [5.41, 5.74) is 6.41. The van der Waals surface area contributed by atoms with Crippen LogP contribution in [0.2, 0.25) is 0 Å². The Morgan fingerprint density at radius 1 is 1.56 bits per heavy atom. The molecule has 1 amide bonds. The number of hydrogen-bond acceptors (Lipinski definition) is 3. The molecule has 0 aliphatic heterocycles. The van der Waals surface area contributed by atoms with Crippen LogP contribution in [0.1, 0.15) is 0 Å². The van der Waals surface area contributed by atoms with E-state index in [0.29, 0.717) is 10.2 Å². The third kappa shape index (κ3) is 3.10. The number of carbonyl (C=O) groups excluding carboxylic acids is 1. The number of carbonyl (C=O) groups is 1. The number of nitrogen functional groups attached to an aromatic ring is 1. The first kappa shape index (κ1) is 12.8. The molecule has 4 nitrogen and oxygen atoms in total. The zero-order chi connectivity index (χ0) is 12.3. The normalized spacial score (nSPS) is 10.0. The van der Waals surface area contributed by atoms with Crippen LogP contribution in [0.15, 0.2) is 16.6 Å². The molecule has 0 heterocycles. The van der Waals surface area contributed by atoms with Crippen LogP contribution in [0, 0.1) is 5.82 Å². The smallest absolute Gasteiger partial charge is 0.241 e. The van der Waals surface area contributed by atoms with Crippen molar-refractivity contribution >= 4 is 33.2 Å². The van der Waals surface area contributed by atoms with Crippen molar-refractivity contribution in [3.8, 4) is 0 Å². The van der Waals surface area contributed by atoms with Crippen molar-refractivity contribution in [2.75, 3.05) is 31.7 Å². The van der Waals surface area contributed by atoms with E-state index in [-0.39, 0.29) is 18.1 Å². The molecule has 1 aromatic rings. The molecule has 0 bridgehead atoms. The molecule has 0 aliphatic rings. The van der Waals surface area contributed by atoms with E-state index >= 15 is 0 Å². The first-order chi connectivity index (χ1) is 7.41. The Bertz CT molecular complexity index is 409. The molecule has 88 valence electrons. The molecule has 0 unspecified atom stereocenters. The van der Waals surface area contributed by atoms with E-state index in [9.17, 15) is 9.18 Å². The summed E-state index contributed by atoms with van der Waals surface area (Å²) < 4.78 is 13.4. The number of nitrogens with one attached hydrogen (secondary N) is 1. The van der Waals surface area contributed by atoms with Gasteiger partial charge in [-0.2, -0.15) is 0 Å². The molecular formula is C10H13BrFN3O. The van der Waals surface area contributed by atoms with Gasteiger partial charge in [0, 0.05) is 20.2 Å².